The fourth-order valence-corrected chi connectivity index (χ4v) is 9.08. The second kappa shape index (κ2) is 16.4. The van der Waals surface area contributed by atoms with E-state index in [1.165, 1.54) is 0 Å². The van der Waals surface area contributed by atoms with E-state index >= 15 is 0 Å². The normalized spacial score (nSPS) is 23.9. The first-order valence-electron chi connectivity index (χ1n) is 19.7. The first kappa shape index (κ1) is 40.4. The highest BCUT2D eigenvalue weighted by Crippen LogP contribution is 2.65. The number of hydrogen-bond acceptors (Lipinski definition) is 9. The van der Waals surface area contributed by atoms with E-state index in [0.29, 0.717) is 35.5 Å². The van der Waals surface area contributed by atoms with Gasteiger partial charge in [-0.2, -0.15) is 0 Å². The number of nitrogens with one attached hydrogen (secondary N) is 3. The van der Waals surface area contributed by atoms with Crippen LogP contribution < -0.4 is 30.2 Å². The molecule has 296 valence electrons. The molecule has 2 heterocycles. The molecule has 2 aromatic carbocycles. The summed E-state index contributed by atoms with van der Waals surface area (Å²) in [5.74, 6) is 1.54. The van der Waals surface area contributed by atoms with Crippen LogP contribution in [0.5, 0.6) is 17.2 Å². The molecule has 3 aliphatic carbocycles. The van der Waals surface area contributed by atoms with Gasteiger partial charge in [0.2, 0.25) is 17.6 Å². The third-order valence-corrected chi connectivity index (χ3v) is 12.2. The lowest BCUT2D eigenvalue weighted by molar-refractivity contribution is -0.199. The molecule has 4 fully saturated rings. The fraction of sp³-hybridized carbons (Fsp3) is 0.558. The lowest BCUT2D eigenvalue weighted by Gasteiger charge is -2.64. The van der Waals surface area contributed by atoms with Gasteiger partial charge in [-0.05, 0) is 97.2 Å². The van der Waals surface area contributed by atoms with Crippen LogP contribution in [-0.4, -0.2) is 75.0 Å². The molecule has 1 saturated heterocycles. The molecule has 7 atom stereocenters. The van der Waals surface area contributed by atoms with Gasteiger partial charge in [-0.25, -0.2) is 0 Å². The van der Waals surface area contributed by atoms with Crippen molar-refractivity contribution in [3.63, 3.8) is 0 Å². The van der Waals surface area contributed by atoms with E-state index in [4.69, 9.17) is 23.5 Å². The summed E-state index contributed by atoms with van der Waals surface area (Å²) in [6.45, 7) is 15.0. The van der Waals surface area contributed by atoms with E-state index in [1.807, 2.05) is 68.4 Å². The summed E-state index contributed by atoms with van der Waals surface area (Å²) in [7, 11) is 4.10. The third-order valence-electron chi connectivity index (χ3n) is 12.2. The Balaban J connectivity index is 1.24. The molecule has 0 unspecified atom stereocenters. The molecule has 4 aliphatic rings. The summed E-state index contributed by atoms with van der Waals surface area (Å²) in [6.07, 6.45) is 4.79. The Morgan fingerprint density at radius 1 is 0.909 bits per heavy atom. The lowest BCUT2D eigenvalue weighted by atomic mass is 9.43. The molecule has 12 heteroatoms. The summed E-state index contributed by atoms with van der Waals surface area (Å²) in [4.78, 5) is 33.3. The average molecular weight is 755 g/mol. The molecule has 1 aliphatic heterocycles. The van der Waals surface area contributed by atoms with Gasteiger partial charge in [0.25, 0.3) is 0 Å². The molecule has 2 amide bonds. The third kappa shape index (κ3) is 8.31. The van der Waals surface area contributed by atoms with Crippen molar-refractivity contribution in [2.24, 2.45) is 29.1 Å². The zero-order valence-corrected chi connectivity index (χ0v) is 34.1. The molecule has 0 spiro atoms. The summed E-state index contributed by atoms with van der Waals surface area (Å²) in [5, 5.41) is 9.86. The monoisotopic (exact) mass is 754 g/mol. The Hall–Kier alpha value is -4.29. The van der Waals surface area contributed by atoms with Crippen molar-refractivity contribution >= 4 is 24.6 Å². The van der Waals surface area contributed by atoms with Crippen molar-refractivity contribution in [1.29, 1.82) is 0 Å². The quantitative estimate of drug-likeness (QED) is 0.136. The number of methoxy groups -OCH3 is 3. The Bertz CT molecular complexity index is 1800. The Kier molecular flexibility index (Phi) is 12.1. The zero-order chi connectivity index (χ0) is 39.7. The van der Waals surface area contributed by atoms with E-state index in [-0.39, 0.29) is 47.5 Å². The van der Waals surface area contributed by atoms with Crippen LogP contribution in [0.15, 0.2) is 60.8 Å². The molecule has 11 nitrogen and oxygen atoms in total. The highest BCUT2D eigenvalue weighted by atomic mass is 16.7. The molecule has 3 saturated carbocycles. The summed E-state index contributed by atoms with van der Waals surface area (Å²) in [5.41, 5.74) is 3.03. The van der Waals surface area contributed by atoms with Crippen LogP contribution in [0.3, 0.4) is 0 Å². The van der Waals surface area contributed by atoms with Gasteiger partial charge in [-0.1, -0.05) is 59.7 Å². The van der Waals surface area contributed by atoms with Gasteiger partial charge in [0.05, 0.1) is 44.7 Å². The fourth-order valence-electron chi connectivity index (χ4n) is 9.08. The molecular formula is C43H59BN4O7. The Labute approximate surface area is 327 Å². The number of carbonyl (C=O) groups is 2. The van der Waals surface area contributed by atoms with Crippen LogP contribution in [-0.2, 0) is 25.3 Å². The van der Waals surface area contributed by atoms with Crippen LogP contribution in [0.1, 0.15) is 73.3 Å². The van der Waals surface area contributed by atoms with Crippen LogP contribution in [0.4, 0.5) is 5.69 Å². The van der Waals surface area contributed by atoms with E-state index < -0.39 is 24.8 Å². The minimum absolute atomic E-state index is 0.000326. The van der Waals surface area contributed by atoms with Gasteiger partial charge in [0.15, 0.2) is 11.5 Å². The molecule has 55 heavy (non-hydrogen) atoms. The van der Waals surface area contributed by atoms with Crippen molar-refractivity contribution in [2.45, 2.75) is 104 Å². The minimum Gasteiger partial charge on any atom is -0.493 e. The van der Waals surface area contributed by atoms with Crippen LogP contribution >= 0.6 is 0 Å². The number of ether oxygens (including phenoxy) is 3. The maximum atomic E-state index is 14.5. The van der Waals surface area contributed by atoms with Crippen LogP contribution in [0, 0.1) is 29.1 Å². The molecule has 3 aromatic rings. The molecule has 3 N–H and O–H groups in total. The minimum atomic E-state index is -0.822. The van der Waals surface area contributed by atoms with Gasteiger partial charge >= 0.3 is 7.12 Å². The number of nitrogens with zero attached hydrogens (tertiary/aromatic N) is 1. The van der Waals surface area contributed by atoms with Crippen molar-refractivity contribution < 1.29 is 33.1 Å². The Morgan fingerprint density at radius 3 is 2.24 bits per heavy atom. The van der Waals surface area contributed by atoms with Gasteiger partial charge < -0.3 is 39.5 Å². The predicted octanol–water partition coefficient (Wildman–Crippen LogP) is 6.74. The predicted molar refractivity (Wildman–Crippen MR) is 215 cm³/mol. The van der Waals surface area contributed by atoms with Crippen molar-refractivity contribution in [3.8, 4) is 28.5 Å². The summed E-state index contributed by atoms with van der Waals surface area (Å²) in [6, 6.07) is 15.6. The first-order valence-corrected chi connectivity index (χ1v) is 19.7. The molecule has 1 aromatic heterocycles. The van der Waals surface area contributed by atoms with E-state index in [0.717, 1.165) is 35.3 Å². The number of benzene rings is 2. The van der Waals surface area contributed by atoms with Crippen molar-refractivity contribution in [3.05, 3.63) is 66.4 Å². The standard InChI is InChI=1S/C43H59BN4O7/c1-25(2)18-37(44-54-36-24-29-23-35(42(29,5)6)43(36,7)55-44)47-41(50)38(26(3)4)48-40(49)32(19-27-20-33(51-8)39(53-10)34(21-27)52-9)46-30-15-13-14-28(22-30)31-16-11-12-17-45-31/h11-17,20-22,25-26,29,32,35-38,46H,18-19,23-24H2,1-10H3,(H,47,50)(H,48,49)/t29-,32+,35-,36+,37-,38-,43-/m0/s1. The largest absolute Gasteiger partial charge is 0.493 e. The molecule has 0 radical (unpaired) electrons. The lowest BCUT2D eigenvalue weighted by Crippen LogP contribution is -2.65. The second-order valence-corrected chi connectivity index (χ2v) is 17.0. The molecular weight excluding hydrogens is 695 g/mol. The van der Waals surface area contributed by atoms with Gasteiger partial charge in [0, 0.05) is 23.9 Å². The number of hydrogen-bond donors (Lipinski definition) is 3. The van der Waals surface area contributed by atoms with Crippen molar-refractivity contribution in [1.82, 2.24) is 15.6 Å². The summed E-state index contributed by atoms with van der Waals surface area (Å²) < 4.78 is 30.3. The SMILES string of the molecule is COc1cc(C[C@@H](Nc2cccc(-c3ccccn3)c2)C(=O)N[C@H](C(=O)N[C@@H](CC(C)C)B2O[C@@H]3C[C@@H]4C[C@@H](C4(C)C)[C@]3(C)O2)C(C)C)cc(OC)c1OC. The Morgan fingerprint density at radius 2 is 1.64 bits per heavy atom. The van der Waals surface area contributed by atoms with Crippen molar-refractivity contribution in [2.75, 3.05) is 26.6 Å². The topological polar surface area (TPSA) is 129 Å². The molecule has 7 rings (SSSR count). The zero-order valence-electron chi connectivity index (χ0n) is 34.1. The maximum absolute atomic E-state index is 14.5. The number of amides is 2. The smallest absolute Gasteiger partial charge is 0.481 e. The number of carbonyl (C=O) groups excluding carboxylic acids is 2. The maximum Gasteiger partial charge on any atom is 0.481 e. The number of aromatic nitrogens is 1. The number of rotatable bonds is 16. The van der Waals surface area contributed by atoms with Gasteiger partial charge in [0.1, 0.15) is 12.1 Å². The highest BCUT2D eigenvalue weighted by molar-refractivity contribution is 6.48. The van der Waals surface area contributed by atoms with E-state index in [2.05, 4.69) is 55.6 Å². The van der Waals surface area contributed by atoms with Crippen LogP contribution in [0.25, 0.3) is 11.3 Å². The highest BCUT2D eigenvalue weighted by Gasteiger charge is 2.68. The second-order valence-electron chi connectivity index (χ2n) is 17.0. The van der Waals surface area contributed by atoms with E-state index in [1.54, 1.807) is 27.5 Å². The average Bonchev–Trinajstić information content (AvgIpc) is 3.53. The van der Waals surface area contributed by atoms with E-state index in [9.17, 15) is 9.59 Å². The first-order chi connectivity index (χ1) is 26.2. The number of pyridine rings is 1. The van der Waals surface area contributed by atoms with Gasteiger partial charge in [-0.3, -0.25) is 14.6 Å². The van der Waals surface area contributed by atoms with Gasteiger partial charge in [-0.15, -0.1) is 0 Å². The number of anilines is 1. The van der Waals surface area contributed by atoms with Crippen LogP contribution in [0.2, 0.25) is 0 Å². The summed E-state index contributed by atoms with van der Waals surface area (Å²) >= 11 is 0. The molecule has 2 bridgehead atoms.